The number of aromatic nitrogens is 2. The quantitative estimate of drug-likeness (QED) is 0.653. The number of benzene rings is 2. The van der Waals surface area contributed by atoms with Gasteiger partial charge in [0.2, 0.25) is 5.91 Å². The molecule has 0 aliphatic heterocycles. The Morgan fingerprint density at radius 1 is 1.07 bits per heavy atom. The van der Waals surface area contributed by atoms with Gasteiger partial charge in [-0.2, -0.15) is 0 Å². The third kappa shape index (κ3) is 3.98. The number of hydrogen-bond donors (Lipinski definition) is 1. The maximum Gasteiger partial charge on any atom is 0.235 e. The topological polar surface area (TPSA) is 46.9 Å². The number of nitrogens with zero attached hydrogens (tertiary/aromatic N) is 2. The smallest absolute Gasteiger partial charge is 0.235 e. The van der Waals surface area contributed by atoms with Crippen molar-refractivity contribution in [2.75, 3.05) is 5.32 Å². The van der Waals surface area contributed by atoms with Gasteiger partial charge in [-0.15, -0.1) is 0 Å². The summed E-state index contributed by atoms with van der Waals surface area (Å²) in [5.74, 6) is 1.09. The number of carbonyl (C=O) groups excluding carboxylic acids is 1. The largest absolute Gasteiger partial charge is 0.331 e. The van der Waals surface area contributed by atoms with Crippen LogP contribution < -0.4 is 5.32 Å². The SMILES string of the molecule is Cc1nccn1Cc1ccc(NC(=O)C2(c3ccc(C(C)(C)C)cc3)CC2)cc1. The molecule has 29 heavy (non-hydrogen) atoms. The highest BCUT2D eigenvalue weighted by Crippen LogP contribution is 2.49. The van der Waals surface area contributed by atoms with Gasteiger partial charge in [0.15, 0.2) is 0 Å². The summed E-state index contributed by atoms with van der Waals surface area (Å²) in [7, 11) is 0. The number of rotatable bonds is 5. The molecule has 2 aromatic carbocycles. The van der Waals surface area contributed by atoms with Crippen molar-refractivity contribution < 1.29 is 4.79 Å². The predicted octanol–water partition coefficient (Wildman–Crippen LogP) is 5.21. The van der Waals surface area contributed by atoms with Crippen molar-refractivity contribution in [1.29, 1.82) is 0 Å². The van der Waals surface area contributed by atoms with E-state index in [1.165, 1.54) is 11.1 Å². The summed E-state index contributed by atoms with van der Waals surface area (Å²) in [5.41, 5.74) is 4.19. The molecule has 1 N–H and O–H groups in total. The van der Waals surface area contributed by atoms with Crippen molar-refractivity contribution in [1.82, 2.24) is 9.55 Å². The van der Waals surface area contributed by atoms with Crippen LogP contribution in [0.25, 0.3) is 0 Å². The first-order valence-electron chi connectivity index (χ1n) is 10.3. The highest BCUT2D eigenvalue weighted by molar-refractivity contribution is 6.01. The first-order chi connectivity index (χ1) is 13.8. The first-order valence-corrected chi connectivity index (χ1v) is 10.3. The van der Waals surface area contributed by atoms with E-state index in [4.69, 9.17) is 0 Å². The lowest BCUT2D eigenvalue weighted by Crippen LogP contribution is -2.28. The Kier molecular flexibility index (Phi) is 4.81. The maximum atomic E-state index is 13.0. The monoisotopic (exact) mass is 387 g/mol. The molecule has 1 heterocycles. The number of aryl methyl sites for hydroxylation is 1. The Morgan fingerprint density at radius 3 is 2.24 bits per heavy atom. The molecular formula is C25H29N3O. The van der Waals surface area contributed by atoms with Crippen LogP contribution in [0.4, 0.5) is 5.69 Å². The Hall–Kier alpha value is -2.88. The van der Waals surface area contributed by atoms with E-state index >= 15 is 0 Å². The van der Waals surface area contributed by atoms with Gasteiger partial charge in [-0.1, -0.05) is 57.2 Å². The van der Waals surface area contributed by atoms with Crippen molar-refractivity contribution in [2.45, 2.75) is 57.9 Å². The number of anilines is 1. The zero-order valence-electron chi connectivity index (χ0n) is 17.7. The summed E-state index contributed by atoms with van der Waals surface area (Å²) >= 11 is 0. The van der Waals surface area contributed by atoms with E-state index in [0.29, 0.717) is 0 Å². The summed E-state index contributed by atoms with van der Waals surface area (Å²) in [6, 6.07) is 16.7. The van der Waals surface area contributed by atoms with Crippen molar-refractivity contribution in [2.24, 2.45) is 0 Å². The maximum absolute atomic E-state index is 13.0. The van der Waals surface area contributed by atoms with Gasteiger partial charge in [0, 0.05) is 24.6 Å². The van der Waals surface area contributed by atoms with E-state index in [-0.39, 0.29) is 16.7 Å². The predicted molar refractivity (Wildman–Crippen MR) is 117 cm³/mol. The van der Waals surface area contributed by atoms with Gasteiger partial charge in [-0.3, -0.25) is 4.79 Å². The minimum absolute atomic E-state index is 0.0965. The van der Waals surface area contributed by atoms with E-state index < -0.39 is 0 Å². The average Bonchev–Trinajstić information content (AvgIpc) is 3.41. The molecule has 3 aromatic rings. The van der Waals surface area contributed by atoms with Crippen molar-refractivity contribution >= 4 is 11.6 Å². The summed E-state index contributed by atoms with van der Waals surface area (Å²) in [4.78, 5) is 17.3. The molecule has 1 fully saturated rings. The van der Waals surface area contributed by atoms with Crippen LogP contribution in [0.2, 0.25) is 0 Å². The molecule has 1 aliphatic carbocycles. The molecule has 0 unspecified atom stereocenters. The number of carbonyl (C=O) groups is 1. The van der Waals surface area contributed by atoms with Crippen molar-refractivity contribution in [3.63, 3.8) is 0 Å². The van der Waals surface area contributed by atoms with Crippen LogP contribution in [-0.4, -0.2) is 15.5 Å². The molecule has 0 atom stereocenters. The molecule has 0 saturated heterocycles. The van der Waals surface area contributed by atoms with Gasteiger partial charge < -0.3 is 9.88 Å². The highest BCUT2D eigenvalue weighted by Gasteiger charge is 2.51. The average molecular weight is 388 g/mol. The molecule has 0 radical (unpaired) electrons. The van der Waals surface area contributed by atoms with Crippen LogP contribution in [0.1, 0.15) is 56.1 Å². The van der Waals surface area contributed by atoms with Crippen LogP contribution in [0.5, 0.6) is 0 Å². The Bertz CT molecular complexity index is 1000. The van der Waals surface area contributed by atoms with Crippen LogP contribution >= 0.6 is 0 Å². The van der Waals surface area contributed by atoms with Crippen LogP contribution in [0.15, 0.2) is 60.9 Å². The summed E-state index contributed by atoms with van der Waals surface area (Å²) in [6.07, 6.45) is 5.61. The normalized spacial score (nSPS) is 15.2. The van der Waals surface area contributed by atoms with Gasteiger partial charge in [-0.05, 0) is 54.0 Å². The van der Waals surface area contributed by atoms with E-state index in [2.05, 4.69) is 72.0 Å². The molecule has 4 nitrogen and oxygen atoms in total. The van der Waals surface area contributed by atoms with E-state index in [9.17, 15) is 4.79 Å². The number of nitrogens with one attached hydrogen (secondary N) is 1. The summed E-state index contributed by atoms with van der Waals surface area (Å²) in [5, 5.41) is 3.13. The molecule has 4 heteroatoms. The lowest BCUT2D eigenvalue weighted by molar-refractivity contribution is -0.118. The summed E-state index contributed by atoms with van der Waals surface area (Å²) in [6.45, 7) is 9.40. The zero-order valence-corrected chi connectivity index (χ0v) is 17.7. The van der Waals surface area contributed by atoms with Gasteiger partial charge in [-0.25, -0.2) is 4.98 Å². The van der Waals surface area contributed by atoms with Gasteiger partial charge in [0.1, 0.15) is 5.82 Å². The molecule has 1 aliphatic rings. The Morgan fingerprint density at radius 2 is 1.72 bits per heavy atom. The minimum Gasteiger partial charge on any atom is -0.331 e. The minimum atomic E-state index is -0.372. The van der Waals surface area contributed by atoms with E-state index in [1.54, 1.807) is 0 Å². The van der Waals surface area contributed by atoms with E-state index in [1.807, 2.05) is 31.5 Å². The molecule has 1 saturated carbocycles. The molecule has 4 rings (SSSR count). The second-order valence-corrected chi connectivity index (χ2v) is 9.16. The van der Waals surface area contributed by atoms with Gasteiger partial charge in [0.25, 0.3) is 0 Å². The summed E-state index contributed by atoms with van der Waals surface area (Å²) < 4.78 is 2.11. The molecule has 0 bridgehead atoms. The number of hydrogen-bond acceptors (Lipinski definition) is 2. The molecular weight excluding hydrogens is 358 g/mol. The third-order valence-electron chi connectivity index (χ3n) is 5.98. The highest BCUT2D eigenvalue weighted by atomic mass is 16.2. The molecule has 1 amide bonds. The van der Waals surface area contributed by atoms with Gasteiger partial charge in [0.05, 0.1) is 5.41 Å². The standard InChI is InChI=1S/C25H29N3O/c1-18-26-15-16-28(18)17-19-5-11-22(12-6-19)27-23(29)25(13-14-25)21-9-7-20(8-10-21)24(2,3)4/h5-12,15-16H,13-14,17H2,1-4H3,(H,27,29). The Labute approximate surface area is 173 Å². The van der Waals surface area contributed by atoms with Crippen molar-refractivity contribution in [3.05, 3.63) is 83.4 Å². The fourth-order valence-corrected chi connectivity index (χ4v) is 3.77. The fourth-order valence-electron chi connectivity index (χ4n) is 3.77. The van der Waals surface area contributed by atoms with Crippen LogP contribution in [0.3, 0.4) is 0 Å². The second-order valence-electron chi connectivity index (χ2n) is 9.16. The van der Waals surface area contributed by atoms with Gasteiger partial charge >= 0.3 is 0 Å². The fraction of sp³-hybridized carbons (Fsp3) is 0.360. The third-order valence-corrected chi connectivity index (χ3v) is 5.98. The van der Waals surface area contributed by atoms with E-state index in [0.717, 1.165) is 36.5 Å². The zero-order chi connectivity index (χ0) is 20.6. The molecule has 150 valence electrons. The first kappa shape index (κ1) is 19.4. The number of amides is 1. The number of imidazole rings is 1. The molecule has 1 aromatic heterocycles. The Balaban J connectivity index is 1.44. The second kappa shape index (κ2) is 7.18. The lowest BCUT2D eigenvalue weighted by atomic mass is 9.85. The molecule has 0 spiro atoms. The van der Waals surface area contributed by atoms with Crippen LogP contribution in [-0.2, 0) is 22.2 Å². The van der Waals surface area contributed by atoms with Crippen LogP contribution in [0, 0.1) is 6.92 Å². The lowest BCUT2D eigenvalue weighted by Gasteiger charge is -2.21. The van der Waals surface area contributed by atoms with Crippen molar-refractivity contribution in [3.8, 4) is 0 Å².